The molecule has 2 aliphatic rings. The number of amides is 1. The minimum atomic E-state index is -3.53. The maximum absolute atomic E-state index is 11.8. The Kier molecular flexibility index (Phi) is 3.17. The van der Waals surface area contributed by atoms with E-state index in [4.69, 9.17) is 5.21 Å². The summed E-state index contributed by atoms with van der Waals surface area (Å²) in [6.45, 7) is 1.20. The standard InChI is InChI=1S/C10H18N2O4S/c1-17(15,16)10(9(13)11-14)4-6-12(7-5-10)8-2-3-8/h8,14H,2-7H2,1H3,(H,11,13). The lowest BCUT2D eigenvalue weighted by molar-refractivity contribution is -0.133. The van der Waals surface area contributed by atoms with Crippen LogP contribution in [0.2, 0.25) is 0 Å². The highest BCUT2D eigenvalue weighted by Crippen LogP contribution is 2.35. The number of sulfone groups is 1. The summed E-state index contributed by atoms with van der Waals surface area (Å²) in [5.74, 6) is -0.796. The van der Waals surface area contributed by atoms with E-state index < -0.39 is 20.5 Å². The molecular formula is C10H18N2O4S. The average Bonchev–Trinajstić information content (AvgIpc) is 3.10. The number of nitrogens with zero attached hydrogens (tertiary/aromatic N) is 1. The smallest absolute Gasteiger partial charge is 0.264 e. The maximum Gasteiger partial charge on any atom is 0.264 e. The van der Waals surface area contributed by atoms with Crippen molar-refractivity contribution in [3.8, 4) is 0 Å². The van der Waals surface area contributed by atoms with Crippen molar-refractivity contribution in [3.05, 3.63) is 0 Å². The molecule has 0 atom stereocenters. The third kappa shape index (κ3) is 2.19. The van der Waals surface area contributed by atoms with E-state index >= 15 is 0 Å². The first-order valence-corrected chi connectivity index (χ1v) is 7.68. The molecule has 1 saturated carbocycles. The van der Waals surface area contributed by atoms with Crippen LogP contribution in [0.1, 0.15) is 25.7 Å². The summed E-state index contributed by atoms with van der Waals surface area (Å²) < 4.78 is 22.2. The fraction of sp³-hybridized carbons (Fsp3) is 0.900. The monoisotopic (exact) mass is 262 g/mol. The first kappa shape index (κ1) is 12.8. The van der Waals surface area contributed by atoms with Crippen LogP contribution in [0.25, 0.3) is 0 Å². The molecule has 7 heteroatoms. The summed E-state index contributed by atoms with van der Waals surface area (Å²) in [4.78, 5) is 13.9. The van der Waals surface area contributed by atoms with Crippen LogP contribution in [0.5, 0.6) is 0 Å². The number of hydrogen-bond acceptors (Lipinski definition) is 5. The van der Waals surface area contributed by atoms with E-state index in [-0.39, 0.29) is 12.8 Å². The Labute approximate surface area is 101 Å². The Morgan fingerprint density at radius 1 is 1.35 bits per heavy atom. The zero-order valence-corrected chi connectivity index (χ0v) is 10.7. The Balaban J connectivity index is 2.17. The molecule has 1 aliphatic heterocycles. The van der Waals surface area contributed by atoms with E-state index in [1.807, 2.05) is 0 Å². The fourth-order valence-corrected chi connectivity index (χ4v) is 3.86. The van der Waals surface area contributed by atoms with Gasteiger partial charge in [-0.2, -0.15) is 0 Å². The first-order valence-electron chi connectivity index (χ1n) is 5.79. The minimum Gasteiger partial charge on any atom is -0.300 e. The largest absolute Gasteiger partial charge is 0.300 e. The lowest BCUT2D eigenvalue weighted by Crippen LogP contribution is -2.57. The van der Waals surface area contributed by atoms with Crippen LogP contribution >= 0.6 is 0 Å². The number of rotatable bonds is 3. The number of nitrogens with one attached hydrogen (secondary N) is 1. The lowest BCUT2D eigenvalue weighted by Gasteiger charge is -2.38. The summed E-state index contributed by atoms with van der Waals surface area (Å²) in [5, 5.41) is 8.73. The van der Waals surface area contributed by atoms with E-state index in [2.05, 4.69) is 4.90 Å². The van der Waals surface area contributed by atoms with E-state index in [0.717, 1.165) is 19.1 Å². The van der Waals surface area contributed by atoms with Crippen molar-refractivity contribution < 1.29 is 18.4 Å². The van der Waals surface area contributed by atoms with Crippen molar-refractivity contribution in [2.24, 2.45) is 0 Å². The highest BCUT2D eigenvalue weighted by molar-refractivity contribution is 7.92. The molecule has 0 spiro atoms. The van der Waals surface area contributed by atoms with E-state index in [9.17, 15) is 13.2 Å². The van der Waals surface area contributed by atoms with Gasteiger partial charge < -0.3 is 4.90 Å². The normalized spacial score (nSPS) is 25.5. The molecule has 1 heterocycles. The van der Waals surface area contributed by atoms with Crippen LogP contribution in [-0.2, 0) is 14.6 Å². The zero-order valence-electron chi connectivity index (χ0n) is 9.85. The summed E-state index contributed by atoms with van der Waals surface area (Å²) >= 11 is 0. The highest BCUT2D eigenvalue weighted by Gasteiger charge is 2.51. The molecule has 0 radical (unpaired) electrons. The number of hydroxylamine groups is 1. The van der Waals surface area contributed by atoms with Gasteiger partial charge in [-0.15, -0.1) is 0 Å². The summed E-state index contributed by atoms with van der Waals surface area (Å²) in [5.41, 5.74) is 1.51. The average molecular weight is 262 g/mol. The topological polar surface area (TPSA) is 86.7 Å². The van der Waals surface area contributed by atoms with Crippen LogP contribution in [0, 0.1) is 0 Å². The molecule has 98 valence electrons. The minimum absolute atomic E-state index is 0.259. The lowest BCUT2D eigenvalue weighted by atomic mass is 9.95. The molecule has 6 nitrogen and oxygen atoms in total. The van der Waals surface area contributed by atoms with E-state index in [0.29, 0.717) is 19.1 Å². The Bertz CT molecular complexity index is 408. The molecule has 0 aromatic heterocycles. The quantitative estimate of drug-likeness (QED) is 0.530. The summed E-state index contributed by atoms with van der Waals surface area (Å²) in [6, 6.07) is 0.574. The Morgan fingerprint density at radius 3 is 2.24 bits per heavy atom. The van der Waals surface area contributed by atoms with Gasteiger partial charge >= 0.3 is 0 Å². The Morgan fingerprint density at radius 2 is 1.88 bits per heavy atom. The van der Waals surface area contributed by atoms with Crippen molar-refractivity contribution in [2.75, 3.05) is 19.3 Å². The van der Waals surface area contributed by atoms with Crippen molar-refractivity contribution in [1.82, 2.24) is 10.4 Å². The molecule has 1 saturated heterocycles. The van der Waals surface area contributed by atoms with Crippen LogP contribution < -0.4 is 5.48 Å². The van der Waals surface area contributed by atoms with Crippen molar-refractivity contribution in [3.63, 3.8) is 0 Å². The molecular weight excluding hydrogens is 244 g/mol. The van der Waals surface area contributed by atoms with Gasteiger partial charge in [0.15, 0.2) is 14.6 Å². The van der Waals surface area contributed by atoms with E-state index in [1.165, 1.54) is 5.48 Å². The molecule has 0 aromatic rings. The molecule has 2 rings (SSSR count). The predicted molar refractivity (Wildman–Crippen MR) is 61.3 cm³/mol. The number of piperidine rings is 1. The van der Waals surface area contributed by atoms with Crippen LogP contribution in [-0.4, -0.2) is 54.6 Å². The van der Waals surface area contributed by atoms with Gasteiger partial charge in [0.2, 0.25) is 0 Å². The third-order valence-corrected chi connectivity index (χ3v) is 5.91. The number of carbonyl (C=O) groups excluding carboxylic acids is 1. The third-order valence-electron chi connectivity index (χ3n) is 3.89. The van der Waals surface area contributed by atoms with Gasteiger partial charge in [-0.1, -0.05) is 0 Å². The van der Waals surface area contributed by atoms with Gasteiger partial charge in [-0.05, 0) is 25.7 Å². The van der Waals surface area contributed by atoms with Gasteiger partial charge in [-0.25, -0.2) is 13.9 Å². The molecule has 0 bridgehead atoms. The molecule has 2 fully saturated rings. The second kappa shape index (κ2) is 4.22. The van der Waals surface area contributed by atoms with Crippen molar-refractivity contribution in [2.45, 2.75) is 36.5 Å². The maximum atomic E-state index is 11.8. The van der Waals surface area contributed by atoms with Crippen LogP contribution in [0.4, 0.5) is 0 Å². The first-order chi connectivity index (χ1) is 7.90. The second-order valence-corrected chi connectivity index (χ2v) is 7.30. The number of hydrogen-bond donors (Lipinski definition) is 2. The molecule has 1 amide bonds. The SMILES string of the molecule is CS(=O)(=O)C1(C(=O)NO)CCN(C2CC2)CC1. The van der Waals surface area contributed by atoms with Crippen molar-refractivity contribution in [1.29, 1.82) is 0 Å². The molecule has 17 heavy (non-hydrogen) atoms. The molecule has 0 aromatic carbocycles. The fourth-order valence-electron chi connectivity index (χ4n) is 2.56. The van der Waals surface area contributed by atoms with Crippen molar-refractivity contribution >= 4 is 15.7 Å². The number of likely N-dealkylation sites (tertiary alicyclic amines) is 1. The van der Waals surface area contributed by atoms with Gasteiger partial charge in [0.05, 0.1) is 0 Å². The Hall–Kier alpha value is -0.660. The molecule has 0 unspecified atom stereocenters. The summed E-state index contributed by atoms with van der Waals surface area (Å²) in [7, 11) is -3.53. The van der Waals surface area contributed by atoms with Gasteiger partial charge in [-0.3, -0.25) is 10.0 Å². The number of carbonyl (C=O) groups is 1. The molecule has 2 N–H and O–H groups in total. The van der Waals surface area contributed by atoms with Crippen LogP contribution in [0.15, 0.2) is 0 Å². The van der Waals surface area contributed by atoms with Gasteiger partial charge in [0.1, 0.15) is 0 Å². The summed E-state index contributed by atoms with van der Waals surface area (Å²) in [6.07, 6.45) is 3.91. The van der Waals surface area contributed by atoms with Gasteiger partial charge in [0.25, 0.3) is 5.91 Å². The second-order valence-electron chi connectivity index (χ2n) is 4.97. The molecule has 1 aliphatic carbocycles. The predicted octanol–water partition coefficient (Wildman–Crippen LogP) is -0.467. The van der Waals surface area contributed by atoms with Gasteiger partial charge in [0, 0.05) is 25.4 Å². The highest BCUT2D eigenvalue weighted by atomic mass is 32.2. The van der Waals surface area contributed by atoms with Crippen LogP contribution in [0.3, 0.4) is 0 Å². The zero-order chi connectivity index (χ0) is 12.7. The van der Waals surface area contributed by atoms with E-state index in [1.54, 1.807) is 0 Å².